The Hall–Kier alpha value is -3.47. The molecule has 10 heteroatoms. The molecule has 1 aromatic heterocycles. The maximum Gasteiger partial charge on any atom is 0.311 e. The van der Waals surface area contributed by atoms with Crippen LogP contribution >= 0.6 is 0 Å². The van der Waals surface area contributed by atoms with Gasteiger partial charge in [-0.1, -0.05) is 12.1 Å². The van der Waals surface area contributed by atoms with E-state index in [4.69, 9.17) is 13.9 Å². The van der Waals surface area contributed by atoms with Gasteiger partial charge in [0.05, 0.1) is 33.4 Å². The zero-order valence-electron chi connectivity index (χ0n) is 19.5. The van der Waals surface area contributed by atoms with E-state index in [0.29, 0.717) is 37.5 Å². The SMILES string of the molecule is COc1ccc(-c2nnc(C(=O)N3CC(Oc4ccc(CN5CC(CO)(CO)C5)cc4)C3)o2)cc1. The smallest absolute Gasteiger partial charge is 0.311 e. The van der Waals surface area contributed by atoms with Gasteiger partial charge >= 0.3 is 11.8 Å². The number of methoxy groups -OCH3 is 1. The third kappa shape index (κ3) is 4.86. The van der Waals surface area contributed by atoms with Crippen molar-refractivity contribution in [1.29, 1.82) is 0 Å². The van der Waals surface area contributed by atoms with Crippen molar-refractivity contribution in [2.45, 2.75) is 12.6 Å². The van der Waals surface area contributed by atoms with Crippen LogP contribution in [-0.2, 0) is 6.54 Å². The molecule has 184 valence electrons. The van der Waals surface area contributed by atoms with Gasteiger partial charge in [-0.25, -0.2) is 0 Å². The summed E-state index contributed by atoms with van der Waals surface area (Å²) < 4.78 is 16.7. The average molecular weight is 481 g/mol. The second kappa shape index (κ2) is 9.65. The zero-order valence-corrected chi connectivity index (χ0v) is 19.5. The van der Waals surface area contributed by atoms with Gasteiger partial charge in [0.25, 0.3) is 0 Å². The van der Waals surface area contributed by atoms with Crippen LogP contribution in [0.1, 0.15) is 16.2 Å². The van der Waals surface area contributed by atoms with E-state index in [1.807, 2.05) is 24.3 Å². The van der Waals surface area contributed by atoms with Crippen LogP contribution in [0, 0.1) is 5.41 Å². The zero-order chi connectivity index (χ0) is 24.4. The van der Waals surface area contributed by atoms with Gasteiger partial charge in [-0.3, -0.25) is 9.69 Å². The summed E-state index contributed by atoms with van der Waals surface area (Å²) in [6.07, 6.45) is -0.0983. The van der Waals surface area contributed by atoms with Crippen LogP contribution in [0.4, 0.5) is 0 Å². The Bertz CT molecular complexity index is 1150. The lowest BCUT2D eigenvalue weighted by Gasteiger charge is -2.48. The highest BCUT2D eigenvalue weighted by Crippen LogP contribution is 2.31. The molecule has 2 aliphatic heterocycles. The lowest BCUT2D eigenvalue weighted by atomic mass is 9.81. The first-order valence-corrected chi connectivity index (χ1v) is 11.5. The number of aromatic nitrogens is 2. The van der Waals surface area contributed by atoms with Crippen molar-refractivity contribution < 1.29 is 28.9 Å². The highest BCUT2D eigenvalue weighted by molar-refractivity contribution is 5.90. The first-order chi connectivity index (χ1) is 17.0. The molecule has 0 unspecified atom stereocenters. The van der Waals surface area contributed by atoms with Crippen LogP contribution in [-0.4, -0.2) is 88.7 Å². The van der Waals surface area contributed by atoms with Crippen LogP contribution in [0.2, 0.25) is 0 Å². The van der Waals surface area contributed by atoms with E-state index in [0.717, 1.165) is 17.9 Å². The molecule has 0 aliphatic carbocycles. The summed E-state index contributed by atoms with van der Waals surface area (Å²) >= 11 is 0. The minimum absolute atomic E-state index is 0.00398. The summed E-state index contributed by atoms with van der Waals surface area (Å²) in [5, 5.41) is 26.7. The molecule has 0 saturated carbocycles. The van der Waals surface area contributed by atoms with Gasteiger partial charge in [0.1, 0.15) is 17.6 Å². The van der Waals surface area contributed by atoms with E-state index in [1.54, 1.807) is 36.3 Å². The molecular formula is C25H28N4O6. The standard InChI is InChI=1S/C25H28N4O6/c1-33-19-8-4-18(5-9-19)22-26-27-23(35-22)24(32)29-11-21(12-29)34-20-6-2-17(3-7-20)10-28-13-25(14-28,15-30)16-31/h2-9,21,30-31H,10-16H2,1H3. The Morgan fingerprint density at radius 1 is 1.03 bits per heavy atom. The fourth-order valence-corrected chi connectivity index (χ4v) is 4.36. The lowest BCUT2D eigenvalue weighted by Crippen LogP contribution is -2.59. The molecule has 0 bridgehead atoms. The average Bonchev–Trinajstić information content (AvgIpc) is 3.34. The van der Waals surface area contributed by atoms with Crippen LogP contribution < -0.4 is 9.47 Å². The number of hydrogen-bond donors (Lipinski definition) is 2. The van der Waals surface area contributed by atoms with Gasteiger partial charge in [0.15, 0.2) is 0 Å². The number of nitrogens with zero attached hydrogens (tertiary/aromatic N) is 4. The maximum absolute atomic E-state index is 12.7. The van der Waals surface area contributed by atoms with Gasteiger partial charge < -0.3 is 29.0 Å². The first kappa shape index (κ1) is 23.3. The number of hydrogen-bond acceptors (Lipinski definition) is 9. The van der Waals surface area contributed by atoms with Gasteiger partial charge in [-0.15, -0.1) is 10.2 Å². The molecule has 3 heterocycles. The molecule has 2 saturated heterocycles. The van der Waals surface area contributed by atoms with Crippen molar-refractivity contribution in [3.05, 3.63) is 60.0 Å². The Labute approximate surface area is 202 Å². The monoisotopic (exact) mass is 480 g/mol. The minimum atomic E-state index is -0.366. The number of aliphatic hydroxyl groups is 2. The number of ether oxygens (including phenoxy) is 2. The van der Waals surface area contributed by atoms with Crippen molar-refractivity contribution in [3.63, 3.8) is 0 Å². The molecule has 0 atom stereocenters. The van der Waals surface area contributed by atoms with Crippen LogP contribution in [0.5, 0.6) is 11.5 Å². The molecule has 35 heavy (non-hydrogen) atoms. The summed E-state index contributed by atoms with van der Waals surface area (Å²) in [5.41, 5.74) is 1.48. The van der Waals surface area contributed by atoms with E-state index < -0.39 is 0 Å². The molecule has 2 fully saturated rings. The fraction of sp³-hybridized carbons (Fsp3) is 0.400. The van der Waals surface area contributed by atoms with Gasteiger partial charge in [-0.2, -0.15) is 0 Å². The molecule has 10 nitrogen and oxygen atoms in total. The Morgan fingerprint density at radius 2 is 1.69 bits per heavy atom. The summed E-state index contributed by atoms with van der Waals surface area (Å²) in [5.74, 6) is 1.38. The van der Waals surface area contributed by atoms with Gasteiger partial charge in [0, 0.05) is 30.6 Å². The van der Waals surface area contributed by atoms with E-state index in [-0.39, 0.29) is 42.4 Å². The molecule has 2 aromatic carbocycles. The summed E-state index contributed by atoms with van der Waals surface area (Å²) in [7, 11) is 1.59. The van der Waals surface area contributed by atoms with E-state index in [2.05, 4.69) is 15.1 Å². The predicted octanol–water partition coefficient (Wildman–Crippen LogP) is 1.44. The number of carbonyl (C=O) groups is 1. The van der Waals surface area contributed by atoms with Crippen molar-refractivity contribution in [3.8, 4) is 23.0 Å². The largest absolute Gasteiger partial charge is 0.497 e. The minimum Gasteiger partial charge on any atom is -0.497 e. The Kier molecular flexibility index (Phi) is 6.42. The van der Waals surface area contributed by atoms with Gasteiger partial charge in [0.2, 0.25) is 5.89 Å². The second-order valence-corrected chi connectivity index (χ2v) is 9.20. The highest BCUT2D eigenvalue weighted by atomic mass is 16.5. The lowest BCUT2D eigenvalue weighted by molar-refractivity contribution is -0.0786. The molecule has 1 amide bonds. The van der Waals surface area contributed by atoms with Crippen molar-refractivity contribution >= 4 is 5.91 Å². The number of amides is 1. The fourth-order valence-electron chi connectivity index (χ4n) is 4.36. The predicted molar refractivity (Wildman–Crippen MR) is 125 cm³/mol. The van der Waals surface area contributed by atoms with Crippen molar-refractivity contribution in [1.82, 2.24) is 20.0 Å². The van der Waals surface area contributed by atoms with Crippen molar-refractivity contribution in [2.75, 3.05) is 46.5 Å². The topological polar surface area (TPSA) is 121 Å². The van der Waals surface area contributed by atoms with Crippen LogP contribution in [0.3, 0.4) is 0 Å². The number of carbonyl (C=O) groups excluding carboxylic acids is 1. The number of benzene rings is 2. The highest BCUT2D eigenvalue weighted by Gasteiger charge is 2.41. The maximum atomic E-state index is 12.7. The summed E-state index contributed by atoms with van der Waals surface area (Å²) in [6.45, 7) is 3.03. The van der Waals surface area contributed by atoms with E-state index in [1.165, 1.54) is 0 Å². The molecule has 3 aromatic rings. The second-order valence-electron chi connectivity index (χ2n) is 9.20. The van der Waals surface area contributed by atoms with Crippen molar-refractivity contribution in [2.24, 2.45) is 5.41 Å². The third-order valence-corrected chi connectivity index (χ3v) is 6.50. The number of likely N-dealkylation sites (tertiary alicyclic amines) is 2. The Morgan fingerprint density at radius 3 is 2.31 bits per heavy atom. The first-order valence-electron chi connectivity index (χ1n) is 11.5. The summed E-state index contributed by atoms with van der Waals surface area (Å²) in [6, 6.07) is 15.0. The Balaban J connectivity index is 1.08. The molecular weight excluding hydrogens is 452 g/mol. The number of rotatable bonds is 9. The summed E-state index contributed by atoms with van der Waals surface area (Å²) in [4.78, 5) is 16.5. The van der Waals surface area contributed by atoms with Gasteiger partial charge in [-0.05, 0) is 42.0 Å². The van der Waals surface area contributed by atoms with Crippen LogP contribution in [0.15, 0.2) is 52.9 Å². The molecule has 5 rings (SSSR count). The van der Waals surface area contributed by atoms with E-state index >= 15 is 0 Å². The normalized spacial score (nSPS) is 17.5. The quantitative estimate of drug-likeness (QED) is 0.468. The molecule has 2 aliphatic rings. The number of aliphatic hydroxyl groups excluding tert-OH is 2. The van der Waals surface area contributed by atoms with E-state index in [9.17, 15) is 15.0 Å². The molecule has 0 spiro atoms. The van der Waals surface area contributed by atoms with Crippen LogP contribution in [0.25, 0.3) is 11.5 Å². The molecule has 0 radical (unpaired) electrons. The third-order valence-electron chi connectivity index (χ3n) is 6.50. The molecule has 2 N–H and O–H groups in total.